The lowest BCUT2D eigenvalue weighted by molar-refractivity contribution is 0.0399. The molecule has 0 amide bonds. The van der Waals surface area contributed by atoms with Crippen LogP contribution < -0.4 is 0 Å². The van der Waals surface area contributed by atoms with Gasteiger partial charge in [-0.05, 0) is 5.92 Å². The van der Waals surface area contributed by atoms with Gasteiger partial charge in [0.25, 0.3) is 0 Å². The second-order valence-corrected chi connectivity index (χ2v) is 3.27. The van der Waals surface area contributed by atoms with Crippen molar-refractivity contribution in [2.75, 3.05) is 32.3 Å². The molecule has 0 aromatic heterocycles. The fourth-order valence-corrected chi connectivity index (χ4v) is 0.786. The molecular weight excluding hydrogens is 176 g/mol. The molecular formula is C9H19ClO2. The molecule has 1 atom stereocenters. The lowest BCUT2D eigenvalue weighted by Gasteiger charge is -2.08. The highest BCUT2D eigenvalue weighted by molar-refractivity contribution is 6.17. The van der Waals surface area contributed by atoms with Gasteiger partial charge in [0.1, 0.15) is 0 Å². The Kier molecular flexibility index (Phi) is 9.46. The van der Waals surface area contributed by atoms with Crippen LogP contribution in [-0.2, 0) is 9.47 Å². The summed E-state index contributed by atoms with van der Waals surface area (Å²) in [7, 11) is 0. The number of rotatable bonds is 8. The van der Waals surface area contributed by atoms with Gasteiger partial charge in [0.05, 0.1) is 19.8 Å². The molecule has 2 nitrogen and oxygen atoms in total. The Morgan fingerprint density at radius 3 is 2.42 bits per heavy atom. The van der Waals surface area contributed by atoms with E-state index in [-0.39, 0.29) is 0 Å². The molecule has 0 rings (SSSR count). The van der Waals surface area contributed by atoms with Crippen molar-refractivity contribution in [3.05, 3.63) is 0 Å². The van der Waals surface area contributed by atoms with E-state index in [9.17, 15) is 0 Å². The van der Waals surface area contributed by atoms with Gasteiger partial charge in [-0.15, -0.1) is 11.6 Å². The summed E-state index contributed by atoms with van der Waals surface area (Å²) in [5.41, 5.74) is 0. The third-order valence-corrected chi connectivity index (χ3v) is 1.85. The Balaban J connectivity index is 2.90. The van der Waals surface area contributed by atoms with Gasteiger partial charge in [-0.3, -0.25) is 0 Å². The van der Waals surface area contributed by atoms with E-state index in [1.54, 1.807) is 0 Å². The fourth-order valence-electron chi connectivity index (χ4n) is 0.677. The molecule has 0 spiro atoms. The van der Waals surface area contributed by atoms with Crippen LogP contribution in [0.1, 0.15) is 20.3 Å². The number of hydrogen-bond acceptors (Lipinski definition) is 2. The van der Waals surface area contributed by atoms with Crippen molar-refractivity contribution in [3.8, 4) is 0 Å². The summed E-state index contributed by atoms with van der Waals surface area (Å²) >= 11 is 5.42. The predicted octanol–water partition coefficient (Wildman–Crippen LogP) is 2.30. The van der Waals surface area contributed by atoms with Gasteiger partial charge in [0.2, 0.25) is 0 Å². The second kappa shape index (κ2) is 9.30. The highest BCUT2D eigenvalue weighted by atomic mass is 35.5. The first-order chi connectivity index (χ1) is 5.81. The number of halogens is 1. The highest BCUT2D eigenvalue weighted by Gasteiger charge is 1.97. The first kappa shape index (κ1) is 12.2. The summed E-state index contributed by atoms with van der Waals surface area (Å²) in [6.07, 6.45) is 1.17. The van der Waals surface area contributed by atoms with Crippen LogP contribution in [0.25, 0.3) is 0 Å². The summed E-state index contributed by atoms with van der Waals surface area (Å²) < 4.78 is 10.5. The summed E-state index contributed by atoms with van der Waals surface area (Å²) in [5, 5.41) is 0. The summed E-state index contributed by atoms with van der Waals surface area (Å²) in [6, 6.07) is 0. The van der Waals surface area contributed by atoms with Crippen LogP contribution >= 0.6 is 11.6 Å². The quantitative estimate of drug-likeness (QED) is 0.436. The Morgan fingerprint density at radius 2 is 1.83 bits per heavy atom. The molecule has 0 aliphatic heterocycles. The molecule has 0 saturated carbocycles. The van der Waals surface area contributed by atoms with Crippen molar-refractivity contribution < 1.29 is 9.47 Å². The SMILES string of the molecule is CCC(C)COCCOCCCl. The van der Waals surface area contributed by atoms with Gasteiger partial charge in [-0.2, -0.15) is 0 Å². The number of hydrogen-bond donors (Lipinski definition) is 0. The van der Waals surface area contributed by atoms with Crippen LogP contribution in [0.5, 0.6) is 0 Å². The van der Waals surface area contributed by atoms with Crippen molar-refractivity contribution in [1.82, 2.24) is 0 Å². The first-order valence-electron chi connectivity index (χ1n) is 4.52. The molecule has 0 aromatic rings. The van der Waals surface area contributed by atoms with Gasteiger partial charge in [0.15, 0.2) is 0 Å². The highest BCUT2D eigenvalue weighted by Crippen LogP contribution is 1.99. The van der Waals surface area contributed by atoms with Gasteiger partial charge >= 0.3 is 0 Å². The normalized spacial score (nSPS) is 13.2. The third kappa shape index (κ3) is 8.31. The van der Waals surface area contributed by atoms with Crippen molar-refractivity contribution >= 4 is 11.6 Å². The maximum absolute atomic E-state index is 5.42. The van der Waals surface area contributed by atoms with Gasteiger partial charge in [-0.25, -0.2) is 0 Å². The molecule has 0 aromatic carbocycles. The third-order valence-electron chi connectivity index (χ3n) is 1.69. The van der Waals surface area contributed by atoms with Gasteiger partial charge in [0, 0.05) is 12.5 Å². The van der Waals surface area contributed by atoms with E-state index in [1.165, 1.54) is 6.42 Å². The van der Waals surface area contributed by atoms with Crippen LogP contribution in [-0.4, -0.2) is 32.3 Å². The lowest BCUT2D eigenvalue weighted by Crippen LogP contribution is -2.10. The maximum atomic E-state index is 5.42. The Hall–Kier alpha value is 0.210. The molecule has 3 heteroatoms. The average molecular weight is 195 g/mol. The Labute approximate surface area is 80.2 Å². The zero-order chi connectivity index (χ0) is 9.23. The number of alkyl halides is 1. The van der Waals surface area contributed by atoms with Crippen molar-refractivity contribution in [3.63, 3.8) is 0 Å². The monoisotopic (exact) mass is 194 g/mol. The van der Waals surface area contributed by atoms with E-state index >= 15 is 0 Å². The van der Waals surface area contributed by atoms with Crippen LogP contribution in [0.4, 0.5) is 0 Å². The zero-order valence-electron chi connectivity index (χ0n) is 8.01. The minimum atomic E-state index is 0.561. The molecule has 0 saturated heterocycles. The topological polar surface area (TPSA) is 18.5 Å². The zero-order valence-corrected chi connectivity index (χ0v) is 8.77. The molecule has 0 bridgehead atoms. The van der Waals surface area contributed by atoms with Gasteiger partial charge < -0.3 is 9.47 Å². The summed E-state index contributed by atoms with van der Waals surface area (Å²) in [6.45, 7) is 7.14. The minimum Gasteiger partial charge on any atom is -0.379 e. The van der Waals surface area contributed by atoms with E-state index in [2.05, 4.69) is 13.8 Å². The van der Waals surface area contributed by atoms with Crippen molar-refractivity contribution in [2.45, 2.75) is 20.3 Å². The first-order valence-corrected chi connectivity index (χ1v) is 5.06. The Morgan fingerprint density at radius 1 is 1.17 bits per heavy atom. The predicted molar refractivity (Wildman–Crippen MR) is 51.8 cm³/mol. The summed E-state index contributed by atoms with van der Waals surface area (Å²) in [4.78, 5) is 0. The van der Waals surface area contributed by atoms with E-state index in [0.29, 0.717) is 31.6 Å². The van der Waals surface area contributed by atoms with Crippen LogP contribution in [0.3, 0.4) is 0 Å². The molecule has 0 heterocycles. The van der Waals surface area contributed by atoms with Crippen LogP contribution in [0, 0.1) is 5.92 Å². The van der Waals surface area contributed by atoms with Crippen molar-refractivity contribution in [1.29, 1.82) is 0 Å². The fraction of sp³-hybridized carbons (Fsp3) is 1.00. The second-order valence-electron chi connectivity index (χ2n) is 2.89. The lowest BCUT2D eigenvalue weighted by atomic mass is 10.1. The van der Waals surface area contributed by atoms with Gasteiger partial charge in [-0.1, -0.05) is 20.3 Å². The molecule has 12 heavy (non-hydrogen) atoms. The maximum Gasteiger partial charge on any atom is 0.0701 e. The minimum absolute atomic E-state index is 0.561. The molecule has 0 aliphatic carbocycles. The van der Waals surface area contributed by atoms with E-state index in [4.69, 9.17) is 21.1 Å². The van der Waals surface area contributed by atoms with Crippen LogP contribution in [0.2, 0.25) is 0 Å². The molecule has 0 radical (unpaired) electrons. The van der Waals surface area contributed by atoms with E-state index in [1.807, 2.05) is 0 Å². The molecule has 1 unspecified atom stereocenters. The summed E-state index contributed by atoms with van der Waals surface area (Å²) in [5.74, 6) is 1.21. The number of ether oxygens (including phenoxy) is 2. The standard InChI is InChI=1S/C9H19ClO2/c1-3-9(2)8-12-7-6-11-5-4-10/h9H,3-8H2,1-2H3. The Bertz CT molecular complexity index is 88.6. The molecule has 0 N–H and O–H groups in total. The van der Waals surface area contributed by atoms with Crippen LogP contribution in [0.15, 0.2) is 0 Å². The smallest absolute Gasteiger partial charge is 0.0701 e. The molecule has 0 aliphatic rings. The molecule has 0 fully saturated rings. The van der Waals surface area contributed by atoms with E-state index < -0.39 is 0 Å². The average Bonchev–Trinajstić information content (AvgIpc) is 2.10. The van der Waals surface area contributed by atoms with E-state index in [0.717, 1.165) is 6.61 Å². The molecule has 74 valence electrons. The largest absolute Gasteiger partial charge is 0.379 e. The van der Waals surface area contributed by atoms with Crippen molar-refractivity contribution in [2.24, 2.45) is 5.92 Å².